The average molecular weight is 284 g/mol. The van der Waals surface area contributed by atoms with Gasteiger partial charge in [0.15, 0.2) is 5.78 Å². The van der Waals surface area contributed by atoms with Crippen LogP contribution in [0.25, 0.3) is 0 Å². The van der Waals surface area contributed by atoms with Crippen molar-refractivity contribution in [1.82, 2.24) is 4.90 Å². The topological polar surface area (TPSA) is 20.3 Å². The smallest absolute Gasteiger partial charge is 0.177 e. The zero-order chi connectivity index (χ0) is 12.1. The SMILES string of the molecule is CCN(CC(=O)c1ccccc1Br)C(C)C. The highest BCUT2D eigenvalue weighted by Gasteiger charge is 2.15. The second-order valence-corrected chi connectivity index (χ2v) is 4.91. The molecule has 0 bridgehead atoms. The first-order valence-electron chi connectivity index (χ1n) is 5.58. The predicted octanol–water partition coefficient (Wildman–Crippen LogP) is 3.36. The van der Waals surface area contributed by atoms with Gasteiger partial charge in [0.25, 0.3) is 0 Å². The zero-order valence-electron chi connectivity index (χ0n) is 10.0. The van der Waals surface area contributed by atoms with Gasteiger partial charge in [0.1, 0.15) is 0 Å². The van der Waals surface area contributed by atoms with Gasteiger partial charge >= 0.3 is 0 Å². The molecule has 0 fully saturated rings. The van der Waals surface area contributed by atoms with Crippen LogP contribution in [0.15, 0.2) is 28.7 Å². The molecule has 0 radical (unpaired) electrons. The highest BCUT2D eigenvalue weighted by Crippen LogP contribution is 2.17. The largest absolute Gasteiger partial charge is 0.294 e. The number of benzene rings is 1. The van der Waals surface area contributed by atoms with Crippen LogP contribution in [0.4, 0.5) is 0 Å². The van der Waals surface area contributed by atoms with Crippen LogP contribution in [0.1, 0.15) is 31.1 Å². The summed E-state index contributed by atoms with van der Waals surface area (Å²) in [5, 5.41) is 0. The summed E-state index contributed by atoms with van der Waals surface area (Å²) in [5.74, 6) is 0.169. The molecule has 0 unspecified atom stereocenters. The van der Waals surface area contributed by atoms with Crippen LogP contribution in [-0.4, -0.2) is 29.8 Å². The average Bonchev–Trinajstić information content (AvgIpc) is 2.25. The van der Waals surface area contributed by atoms with Crippen LogP contribution in [0.3, 0.4) is 0 Å². The molecule has 88 valence electrons. The van der Waals surface area contributed by atoms with Crippen LogP contribution in [0, 0.1) is 0 Å². The maximum atomic E-state index is 12.1. The molecule has 0 N–H and O–H groups in total. The fourth-order valence-corrected chi connectivity index (χ4v) is 2.12. The highest BCUT2D eigenvalue weighted by atomic mass is 79.9. The Morgan fingerprint density at radius 2 is 2.00 bits per heavy atom. The van der Waals surface area contributed by atoms with Crippen molar-refractivity contribution in [3.8, 4) is 0 Å². The van der Waals surface area contributed by atoms with E-state index in [1.807, 2.05) is 24.3 Å². The molecule has 3 heteroatoms. The second kappa shape index (κ2) is 6.16. The van der Waals surface area contributed by atoms with E-state index in [2.05, 4.69) is 41.6 Å². The lowest BCUT2D eigenvalue weighted by molar-refractivity contribution is 0.0910. The summed E-state index contributed by atoms with van der Waals surface area (Å²) in [6, 6.07) is 7.97. The molecule has 0 aromatic heterocycles. The number of ketones is 1. The van der Waals surface area contributed by atoms with E-state index in [1.165, 1.54) is 0 Å². The number of rotatable bonds is 5. The molecule has 0 amide bonds. The minimum Gasteiger partial charge on any atom is -0.294 e. The van der Waals surface area contributed by atoms with Crippen molar-refractivity contribution < 1.29 is 4.79 Å². The number of hydrogen-bond acceptors (Lipinski definition) is 2. The fraction of sp³-hybridized carbons (Fsp3) is 0.462. The van der Waals surface area contributed by atoms with Crippen molar-refractivity contribution in [1.29, 1.82) is 0 Å². The number of carbonyl (C=O) groups excluding carboxylic acids is 1. The third-order valence-corrected chi connectivity index (χ3v) is 3.35. The summed E-state index contributed by atoms with van der Waals surface area (Å²) in [6.45, 7) is 7.67. The summed E-state index contributed by atoms with van der Waals surface area (Å²) in [6.07, 6.45) is 0. The molecule has 1 aromatic carbocycles. The first-order valence-corrected chi connectivity index (χ1v) is 6.37. The molecule has 0 saturated carbocycles. The number of carbonyl (C=O) groups is 1. The first kappa shape index (κ1) is 13.4. The quantitative estimate of drug-likeness (QED) is 0.773. The monoisotopic (exact) mass is 283 g/mol. The van der Waals surface area contributed by atoms with E-state index >= 15 is 0 Å². The maximum absolute atomic E-state index is 12.1. The predicted molar refractivity (Wildman–Crippen MR) is 70.9 cm³/mol. The van der Waals surface area contributed by atoms with Crippen LogP contribution in [0.5, 0.6) is 0 Å². The van der Waals surface area contributed by atoms with Crippen LogP contribution in [-0.2, 0) is 0 Å². The fourth-order valence-electron chi connectivity index (χ4n) is 1.62. The van der Waals surface area contributed by atoms with Gasteiger partial charge in [0, 0.05) is 16.1 Å². The molecule has 0 aliphatic rings. The molecule has 0 spiro atoms. The Bertz CT molecular complexity index is 363. The molecule has 16 heavy (non-hydrogen) atoms. The minimum absolute atomic E-state index is 0.169. The van der Waals surface area contributed by atoms with Gasteiger partial charge in [-0.2, -0.15) is 0 Å². The molecule has 0 aliphatic carbocycles. The normalized spacial score (nSPS) is 11.1. The summed E-state index contributed by atoms with van der Waals surface area (Å²) in [4.78, 5) is 14.2. The molecule has 0 aliphatic heterocycles. The molecule has 0 heterocycles. The van der Waals surface area contributed by atoms with E-state index in [-0.39, 0.29) is 5.78 Å². The van der Waals surface area contributed by atoms with Gasteiger partial charge in [0.2, 0.25) is 0 Å². The van der Waals surface area contributed by atoms with Crippen molar-refractivity contribution in [3.63, 3.8) is 0 Å². The molecule has 0 saturated heterocycles. The first-order chi connectivity index (χ1) is 7.56. The van der Waals surface area contributed by atoms with Gasteiger partial charge in [-0.05, 0) is 26.5 Å². The van der Waals surface area contributed by atoms with Crippen LogP contribution in [0.2, 0.25) is 0 Å². The third kappa shape index (κ3) is 3.42. The van der Waals surface area contributed by atoms with Crippen molar-refractivity contribution in [2.75, 3.05) is 13.1 Å². The van der Waals surface area contributed by atoms with Gasteiger partial charge in [-0.3, -0.25) is 9.69 Å². The molecule has 1 aromatic rings. The van der Waals surface area contributed by atoms with E-state index in [9.17, 15) is 4.79 Å². The van der Waals surface area contributed by atoms with E-state index in [1.54, 1.807) is 0 Å². The van der Waals surface area contributed by atoms with Crippen molar-refractivity contribution in [2.24, 2.45) is 0 Å². The van der Waals surface area contributed by atoms with Gasteiger partial charge < -0.3 is 0 Å². The van der Waals surface area contributed by atoms with Gasteiger partial charge in [-0.25, -0.2) is 0 Å². The highest BCUT2D eigenvalue weighted by molar-refractivity contribution is 9.10. The Kier molecular flexibility index (Phi) is 5.16. The number of Topliss-reactive ketones (excluding diaryl/α,β-unsaturated/α-hetero) is 1. The standard InChI is InChI=1S/C13H18BrNO/c1-4-15(10(2)3)9-13(16)11-7-5-6-8-12(11)14/h5-8,10H,4,9H2,1-3H3. The van der Waals surface area contributed by atoms with E-state index in [4.69, 9.17) is 0 Å². The summed E-state index contributed by atoms with van der Waals surface area (Å²) < 4.78 is 0.875. The Labute approximate surface area is 106 Å². The number of halogens is 1. The summed E-state index contributed by atoms with van der Waals surface area (Å²) in [7, 11) is 0. The molecular formula is C13H18BrNO. The van der Waals surface area contributed by atoms with Crippen LogP contribution >= 0.6 is 15.9 Å². The van der Waals surface area contributed by atoms with E-state index < -0.39 is 0 Å². The Hall–Kier alpha value is -0.670. The number of hydrogen-bond donors (Lipinski definition) is 0. The lowest BCUT2D eigenvalue weighted by Crippen LogP contribution is -2.35. The van der Waals surface area contributed by atoms with Crippen molar-refractivity contribution in [2.45, 2.75) is 26.8 Å². The Balaban J connectivity index is 2.76. The summed E-state index contributed by atoms with van der Waals surface area (Å²) >= 11 is 3.41. The molecule has 2 nitrogen and oxygen atoms in total. The van der Waals surface area contributed by atoms with E-state index in [0.29, 0.717) is 12.6 Å². The van der Waals surface area contributed by atoms with Crippen molar-refractivity contribution in [3.05, 3.63) is 34.3 Å². The number of nitrogens with zero attached hydrogens (tertiary/aromatic N) is 1. The van der Waals surface area contributed by atoms with Gasteiger partial charge in [-0.15, -0.1) is 0 Å². The van der Waals surface area contributed by atoms with Gasteiger partial charge in [0.05, 0.1) is 6.54 Å². The zero-order valence-corrected chi connectivity index (χ0v) is 11.6. The lowest BCUT2D eigenvalue weighted by atomic mass is 10.1. The lowest BCUT2D eigenvalue weighted by Gasteiger charge is -2.23. The minimum atomic E-state index is 0.169. The maximum Gasteiger partial charge on any atom is 0.177 e. The summed E-state index contributed by atoms with van der Waals surface area (Å²) in [5.41, 5.74) is 0.765. The Morgan fingerprint density at radius 3 is 2.50 bits per heavy atom. The van der Waals surface area contributed by atoms with Crippen LogP contribution < -0.4 is 0 Å². The second-order valence-electron chi connectivity index (χ2n) is 4.06. The molecule has 0 atom stereocenters. The Morgan fingerprint density at radius 1 is 1.38 bits per heavy atom. The van der Waals surface area contributed by atoms with Crippen molar-refractivity contribution >= 4 is 21.7 Å². The van der Waals surface area contributed by atoms with Gasteiger partial charge in [-0.1, -0.05) is 41.1 Å². The number of likely N-dealkylation sites (N-methyl/N-ethyl adjacent to an activating group) is 1. The molecular weight excluding hydrogens is 266 g/mol. The van der Waals surface area contributed by atoms with E-state index in [0.717, 1.165) is 16.6 Å². The third-order valence-electron chi connectivity index (χ3n) is 2.66. The molecule has 1 rings (SSSR count).